The number of rotatable bonds is 6. The maximum Gasteiger partial charge on any atom is 0.268 e. The van der Waals surface area contributed by atoms with Crippen LogP contribution >= 0.6 is 0 Å². The lowest BCUT2D eigenvalue weighted by Crippen LogP contribution is -2.18. The van der Waals surface area contributed by atoms with Crippen LogP contribution in [0.4, 0.5) is 5.69 Å². The van der Waals surface area contributed by atoms with E-state index in [1.54, 1.807) is 30.5 Å². The van der Waals surface area contributed by atoms with Crippen LogP contribution in [-0.4, -0.2) is 18.1 Å². The van der Waals surface area contributed by atoms with Gasteiger partial charge in [0.05, 0.1) is 27.9 Å². The number of para-hydroxylation sites is 2. The Morgan fingerprint density at radius 3 is 2.11 bits per heavy atom. The summed E-state index contributed by atoms with van der Waals surface area (Å²) in [6, 6.07) is 35.1. The molecule has 1 aromatic heterocycles. The highest BCUT2D eigenvalue weighted by molar-refractivity contribution is 7.90. The molecule has 1 atom stereocenters. The quantitative estimate of drug-likeness (QED) is 0.236. The summed E-state index contributed by atoms with van der Waals surface area (Å²) in [5, 5.41) is 8.04. The van der Waals surface area contributed by atoms with Crippen LogP contribution in [0.1, 0.15) is 48.9 Å². The number of hydrogen-bond donors (Lipinski definition) is 0. The second kappa shape index (κ2) is 9.62. The van der Waals surface area contributed by atoms with Gasteiger partial charge in [-0.1, -0.05) is 92.7 Å². The molecule has 0 amide bonds. The van der Waals surface area contributed by atoms with Gasteiger partial charge < -0.3 is 0 Å². The molecule has 0 saturated heterocycles. The van der Waals surface area contributed by atoms with Crippen molar-refractivity contribution in [3.63, 3.8) is 0 Å². The smallest absolute Gasteiger partial charge is 0.257 e. The highest BCUT2D eigenvalue weighted by atomic mass is 32.2. The first-order valence-corrected chi connectivity index (χ1v) is 14.3. The molecule has 4 aromatic carbocycles. The fourth-order valence-electron chi connectivity index (χ4n) is 5.14. The summed E-state index contributed by atoms with van der Waals surface area (Å²) in [6.07, 6.45) is 2.40. The lowest BCUT2D eigenvalue weighted by molar-refractivity contribution is 0.589. The van der Waals surface area contributed by atoms with E-state index >= 15 is 0 Å². The summed E-state index contributed by atoms with van der Waals surface area (Å²) in [5.74, 6) is 0.461. The molecule has 5 aromatic rings. The molecular weight excluding hydrogens is 490 g/mol. The maximum atomic E-state index is 13.6. The van der Waals surface area contributed by atoms with Crippen molar-refractivity contribution in [2.75, 3.05) is 5.01 Å². The molecular formula is C32H29N3O2S. The number of aromatic nitrogens is 1. The maximum absolute atomic E-state index is 13.6. The topological polar surface area (TPSA) is 54.7 Å². The molecule has 38 heavy (non-hydrogen) atoms. The van der Waals surface area contributed by atoms with Gasteiger partial charge in [-0.2, -0.15) is 5.10 Å². The lowest BCUT2D eigenvalue weighted by Gasteiger charge is -2.24. The SMILES string of the molecule is CC(C)c1ccc(C2CC(c3cn(S(=O)(=O)c4ccccc4)c4ccccc34)=NN2c2ccccc2)cc1. The third-order valence-electron chi connectivity index (χ3n) is 7.21. The lowest BCUT2D eigenvalue weighted by atomic mass is 9.95. The van der Waals surface area contributed by atoms with E-state index in [0.29, 0.717) is 17.9 Å². The fraction of sp³-hybridized carbons (Fsp3) is 0.156. The van der Waals surface area contributed by atoms with Gasteiger partial charge in [-0.15, -0.1) is 0 Å². The van der Waals surface area contributed by atoms with E-state index in [1.807, 2.05) is 48.5 Å². The Balaban J connectivity index is 1.47. The Labute approximate surface area is 223 Å². The zero-order valence-electron chi connectivity index (χ0n) is 21.4. The van der Waals surface area contributed by atoms with E-state index in [9.17, 15) is 8.42 Å². The minimum atomic E-state index is -3.77. The largest absolute Gasteiger partial charge is 0.268 e. The van der Waals surface area contributed by atoms with Gasteiger partial charge in [-0.3, -0.25) is 5.01 Å². The predicted molar refractivity (Wildman–Crippen MR) is 154 cm³/mol. The number of benzene rings is 4. The molecule has 1 aliphatic heterocycles. The average molecular weight is 520 g/mol. The number of hydrogen-bond acceptors (Lipinski definition) is 4. The second-order valence-corrected chi connectivity index (χ2v) is 11.8. The van der Waals surface area contributed by atoms with Gasteiger partial charge in [0.2, 0.25) is 0 Å². The highest BCUT2D eigenvalue weighted by Crippen LogP contribution is 2.39. The van der Waals surface area contributed by atoms with E-state index in [2.05, 4.69) is 55.3 Å². The number of nitrogens with zero attached hydrogens (tertiary/aromatic N) is 3. The van der Waals surface area contributed by atoms with Crippen LogP contribution in [0.15, 0.2) is 125 Å². The van der Waals surface area contributed by atoms with Crippen LogP contribution < -0.4 is 5.01 Å². The molecule has 0 bridgehead atoms. The van der Waals surface area contributed by atoms with E-state index in [0.717, 1.165) is 22.3 Å². The first kappa shape index (κ1) is 24.2. The molecule has 6 heteroatoms. The monoisotopic (exact) mass is 519 g/mol. The van der Waals surface area contributed by atoms with E-state index in [1.165, 1.54) is 15.1 Å². The molecule has 190 valence electrons. The fourth-order valence-corrected chi connectivity index (χ4v) is 6.53. The molecule has 0 radical (unpaired) electrons. The van der Waals surface area contributed by atoms with Crippen molar-refractivity contribution in [3.8, 4) is 0 Å². The normalized spacial score (nSPS) is 15.8. The van der Waals surface area contributed by atoms with E-state index in [-0.39, 0.29) is 10.9 Å². The minimum absolute atomic E-state index is 0.00135. The summed E-state index contributed by atoms with van der Waals surface area (Å²) < 4.78 is 28.7. The summed E-state index contributed by atoms with van der Waals surface area (Å²) in [7, 11) is -3.77. The second-order valence-electron chi connectivity index (χ2n) is 9.94. The Bertz CT molecular complexity index is 1720. The van der Waals surface area contributed by atoms with Crippen LogP contribution in [0.5, 0.6) is 0 Å². The van der Waals surface area contributed by atoms with Crippen LogP contribution in [0, 0.1) is 0 Å². The number of anilines is 1. The van der Waals surface area contributed by atoms with Gasteiger partial charge in [0.15, 0.2) is 0 Å². The van der Waals surface area contributed by atoms with Crippen molar-refractivity contribution in [2.24, 2.45) is 5.10 Å². The van der Waals surface area contributed by atoms with E-state index < -0.39 is 10.0 Å². The van der Waals surface area contributed by atoms with Crippen molar-refractivity contribution < 1.29 is 8.42 Å². The molecule has 0 N–H and O–H groups in total. The van der Waals surface area contributed by atoms with Gasteiger partial charge in [-0.05, 0) is 47.4 Å². The Hall–Kier alpha value is -4.16. The van der Waals surface area contributed by atoms with Crippen molar-refractivity contribution in [2.45, 2.75) is 37.1 Å². The minimum Gasteiger partial charge on any atom is -0.257 e. The van der Waals surface area contributed by atoms with Gasteiger partial charge in [0, 0.05) is 23.6 Å². The summed E-state index contributed by atoms with van der Waals surface area (Å²) in [6.45, 7) is 4.39. The van der Waals surface area contributed by atoms with Crippen molar-refractivity contribution in [3.05, 3.63) is 132 Å². The number of hydrazone groups is 1. The third kappa shape index (κ3) is 4.21. The van der Waals surface area contributed by atoms with Gasteiger partial charge in [0.25, 0.3) is 10.0 Å². The third-order valence-corrected chi connectivity index (χ3v) is 8.90. The van der Waals surface area contributed by atoms with Crippen LogP contribution in [0.3, 0.4) is 0 Å². The van der Waals surface area contributed by atoms with E-state index in [4.69, 9.17) is 5.10 Å². The summed E-state index contributed by atoms with van der Waals surface area (Å²) in [5.41, 5.74) is 5.82. The van der Waals surface area contributed by atoms with Gasteiger partial charge >= 0.3 is 0 Å². The predicted octanol–water partition coefficient (Wildman–Crippen LogP) is 7.36. The Kier molecular flexibility index (Phi) is 6.12. The highest BCUT2D eigenvalue weighted by Gasteiger charge is 2.32. The van der Waals surface area contributed by atoms with Crippen molar-refractivity contribution in [1.82, 2.24) is 3.97 Å². The van der Waals surface area contributed by atoms with Crippen LogP contribution in [0.25, 0.3) is 10.9 Å². The zero-order chi connectivity index (χ0) is 26.3. The molecule has 0 aliphatic carbocycles. The number of fused-ring (bicyclic) bond motifs is 1. The first-order valence-electron chi connectivity index (χ1n) is 12.9. The molecule has 0 saturated carbocycles. The molecule has 2 heterocycles. The Morgan fingerprint density at radius 2 is 1.42 bits per heavy atom. The molecule has 1 unspecified atom stereocenters. The molecule has 0 fully saturated rings. The zero-order valence-corrected chi connectivity index (χ0v) is 22.2. The Morgan fingerprint density at radius 1 is 0.789 bits per heavy atom. The summed E-state index contributed by atoms with van der Waals surface area (Å²) in [4.78, 5) is 0.259. The molecule has 5 nitrogen and oxygen atoms in total. The van der Waals surface area contributed by atoms with Gasteiger partial charge in [-0.25, -0.2) is 12.4 Å². The first-order chi connectivity index (χ1) is 18.4. The van der Waals surface area contributed by atoms with Crippen LogP contribution in [-0.2, 0) is 10.0 Å². The molecule has 0 spiro atoms. The van der Waals surface area contributed by atoms with Crippen molar-refractivity contribution in [1.29, 1.82) is 0 Å². The average Bonchev–Trinajstić information content (AvgIpc) is 3.57. The van der Waals surface area contributed by atoms with Crippen molar-refractivity contribution >= 4 is 32.3 Å². The standard InChI is InChI=1S/C32H29N3O2S/c1-23(2)24-17-19-25(20-18-24)32-21-30(33-35(32)26-11-5-3-6-12-26)29-22-34(31-16-10-9-15-28(29)31)38(36,37)27-13-7-4-8-14-27/h3-20,22-23,32H,21H2,1-2H3. The molecule has 6 rings (SSSR count). The van der Waals surface area contributed by atoms with Crippen LogP contribution in [0.2, 0.25) is 0 Å². The summed E-state index contributed by atoms with van der Waals surface area (Å²) >= 11 is 0. The van der Waals surface area contributed by atoms with Gasteiger partial charge in [0.1, 0.15) is 0 Å². The molecule has 1 aliphatic rings.